The molecule has 0 aliphatic rings. The van der Waals surface area contributed by atoms with E-state index in [0.717, 1.165) is 21.9 Å². The van der Waals surface area contributed by atoms with Gasteiger partial charge in [0.25, 0.3) is 10.0 Å². The van der Waals surface area contributed by atoms with Crippen molar-refractivity contribution in [2.75, 3.05) is 18.0 Å². The van der Waals surface area contributed by atoms with Gasteiger partial charge in [-0.1, -0.05) is 63.2 Å². The number of carbonyl (C=O) groups excluding carboxylic acids is 2. The summed E-state index contributed by atoms with van der Waals surface area (Å²) in [5, 5.41) is 2.94. The first-order valence-corrected chi connectivity index (χ1v) is 15.3. The van der Waals surface area contributed by atoms with E-state index < -0.39 is 28.5 Å². The molecule has 0 unspecified atom stereocenters. The van der Waals surface area contributed by atoms with E-state index in [1.165, 1.54) is 17.0 Å². The van der Waals surface area contributed by atoms with Crippen molar-refractivity contribution in [2.45, 2.75) is 70.5 Å². The smallest absolute Gasteiger partial charge is 0.264 e. The summed E-state index contributed by atoms with van der Waals surface area (Å²) in [6.07, 6.45) is 0.736. The van der Waals surface area contributed by atoms with Crippen LogP contribution in [0.3, 0.4) is 0 Å². The van der Waals surface area contributed by atoms with Crippen LogP contribution in [0.2, 0.25) is 0 Å². The molecule has 2 atom stereocenters. The Bertz CT molecular complexity index is 1390. The highest BCUT2D eigenvalue weighted by atomic mass is 32.2. The summed E-state index contributed by atoms with van der Waals surface area (Å²) in [6.45, 7) is 9.27. The number of methoxy groups -OCH3 is 1. The van der Waals surface area contributed by atoms with Crippen LogP contribution in [0.5, 0.6) is 5.75 Å². The van der Waals surface area contributed by atoms with E-state index in [1.54, 1.807) is 56.5 Å². The first-order valence-electron chi connectivity index (χ1n) is 13.9. The maximum Gasteiger partial charge on any atom is 0.264 e. The highest BCUT2D eigenvalue weighted by Gasteiger charge is 2.32. The van der Waals surface area contributed by atoms with Crippen molar-refractivity contribution in [1.82, 2.24) is 10.2 Å². The van der Waals surface area contributed by atoms with Gasteiger partial charge in [0.2, 0.25) is 11.8 Å². The molecule has 0 aliphatic carbocycles. The van der Waals surface area contributed by atoms with Crippen molar-refractivity contribution in [2.24, 2.45) is 0 Å². The van der Waals surface area contributed by atoms with E-state index in [-0.39, 0.29) is 29.3 Å². The third-order valence-electron chi connectivity index (χ3n) is 7.14. The average Bonchev–Trinajstić information content (AvgIpc) is 2.98. The molecule has 3 rings (SSSR count). The molecule has 0 aromatic heterocycles. The molecule has 0 bridgehead atoms. The molecular weight excluding hydrogens is 538 g/mol. The first-order chi connectivity index (χ1) is 19.5. The Morgan fingerprint density at radius 3 is 2.02 bits per heavy atom. The van der Waals surface area contributed by atoms with Gasteiger partial charge < -0.3 is 15.0 Å². The summed E-state index contributed by atoms with van der Waals surface area (Å²) in [4.78, 5) is 28.7. The second-order valence-corrected chi connectivity index (χ2v) is 12.3. The van der Waals surface area contributed by atoms with Crippen LogP contribution >= 0.6 is 0 Å². The zero-order chi connectivity index (χ0) is 30.2. The zero-order valence-electron chi connectivity index (χ0n) is 24.7. The van der Waals surface area contributed by atoms with E-state index in [4.69, 9.17) is 4.74 Å². The fourth-order valence-electron chi connectivity index (χ4n) is 4.25. The minimum atomic E-state index is -4.10. The molecule has 0 radical (unpaired) electrons. The van der Waals surface area contributed by atoms with Crippen molar-refractivity contribution < 1.29 is 22.7 Å². The maximum absolute atomic E-state index is 14.0. The largest absolute Gasteiger partial charge is 0.497 e. The molecule has 1 N–H and O–H groups in total. The summed E-state index contributed by atoms with van der Waals surface area (Å²) >= 11 is 0. The molecule has 8 nitrogen and oxygen atoms in total. The number of benzene rings is 3. The summed E-state index contributed by atoms with van der Waals surface area (Å²) in [7, 11) is -2.53. The molecular formula is C32H41N3O5S. The molecule has 0 spiro atoms. The SMILES string of the molecule is CC[C@H](C)NC(=O)[C@@H](C)N(Cc1ccc(OC)cc1)C(=O)CN(c1ccc(C(C)C)cc1)S(=O)(=O)c1ccccc1. The molecule has 0 fully saturated rings. The minimum Gasteiger partial charge on any atom is -0.497 e. The van der Waals surface area contributed by atoms with E-state index in [2.05, 4.69) is 19.2 Å². The normalized spacial score (nSPS) is 12.9. The lowest BCUT2D eigenvalue weighted by Crippen LogP contribution is -2.52. The maximum atomic E-state index is 14.0. The fourth-order valence-corrected chi connectivity index (χ4v) is 5.68. The summed E-state index contributed by atoms with van der Waals surface area (Å²) in [6, 6.07) is 21.5. The van der Waals surface area contributed by atoms with Gasteiger partial charge in [-0.15, -0.1) is 0 Å². The highest BCUT2D eigenvalue weighted by molar-refractivity contribution is 7.92. The van der Waals surface area contributed by atoms with Gasteiger partial charge in [-0.3, -0.25) is 13.9 Å². The molecule has 0 aliphatic heterocycles. The summed E-state index contributed by atoms with van der Waals surface area (Å²) < 4.78 is 34.1. The van der Waals surface area contributed by atoms with Crippen LogP contribution in [0.15, 0.2) is 83.8 Å². The van der Waals surface area contributed by atoms with Crippen molar-refractivity contribution in [1.29, 1.82) is 0 Å². The molecule has 3 aromatic carbocycles. The lowest BCUT2D eigenvalue weighted by atomic mass is 10.0. The molecule has 0 saturated heterocycles. The zero-order valence-corrected chi connectivity index (χ0v) is 25.5. The van der Waals surface area contributed by atoms with E-state index in [0.29, 0.717) is 11.4 Å². The Balaban J connectivity index is 2.02. The van der Waals surface area contributed by atoms with Gasteiger partial charge in [0.15, 0.2) is 0 Å². The fraction of sp³-hybridized carbons (Fsp3) is 0.375. The molecule has 0 heterocycles. The number of nitrogens with zero attached hydrogens (tertiary/aromatic N) is 2. The molecule has 3 aromatic rings. The third kappa shape index (κ3) is 8.10. The number of carbonyl (C=O) groups is 2. The Kier molecular flexibility index (Phi) is 10.9. The van der Waals surface area contributed by atoms with Crippen molar-refractivity contribution >= 4 is 27.5 Å². The molecule has 41 heavy (non-hydrogen) atoms. The molecule has 2 amide bonds. The van der Waals surface area contributed by atoms with Gasteiger partial charge in [0.05, 0.1) is 17.7 Å². The van der Waals surface area contributed by atoms with Gasteiger partial charge >= 0.3 is 0 Å². The van der Waals surface area contributed by atoms with E-state index in [9.17, 15) is 18.0 Å². The van der Waals surface area contributed by atoms with Gasteiger partial charge in [-0.2, -0.15) is 0 Å². The Hall–Kier alpha value is -3.85. The van der Waals surface area contributed by atoms with Crippen LogP contribution in [-0.2, 0) is 26.2 Å². The molecule has 9 heteroatoms. The highest BCUT2D eigenvalue weighted by Crippen LogP contribution is 2.27. The molecule has 0 saturated carbocycles. The average molecular weight is 580 g/mol. The van der Waals surface area contributed by atoms with Crippen molar-refractivity contribution in [3.8, 4) is 5.75 Å². The topological polar surface area (TPSA) is 96.0 Å². The number of ether oxygens (including phenoxy) is 1. The standard InChI is InChI=1S/C32H41N3O5S/c1-7-24(4)33-32(37)25(5)34(21-26-13-19-29(40-6)20-14-26)31(36)22-35(28-17-15-27(16-18-28)23(2)3)41(38,39)30-11-9-8-10-12-30/h8-20,23-25H,7,21-22H2,1-6H3,(H,33,37)/t24-,25+/m0/s1. The van der Waals surface area contributed by atoms with Crippen LogP contribution < -0.4 is 14.4 Å². The third-order valence-corrected chi connectivity index (χ3v) is 8.93. The van der Waals surface area contributed by atoms with Crippen LogP contribution in [0, 0.1) is 0 Å². The molecule has 220 valence electrons. The number of hydrogen-bond acceptors (Lipinski definition) is 5. The number of sulfonamides is 1. The number of rotatable bonds is 13. The van der Waals surface area contributed by atoms with Gasteiger partial charge in [-0.05, 0) is 73.7 Å². The predicted molar refractivity (Wildman–Crippen MR) is 162 cm³/mol. The van der Waals surface area contributed by atoms with Gasteiger partial charge in [0.1, 0.15) is 18.3 Å². The second kappa shape index (κ2) is 14.2. The van der Waals surface area contributed by atoms with Crippen molar-refractivity contribution in [3.63, 3.8) is 0 Å². The Morgan fingerprint density at radius 1 is 0.878 bits per heavy atom. The van der Waals surface area contributed by atoms with E-state index in [1.807, 2.05) is 38.1 Å². The lowest BCUT2D eigenvalue weighted by Gasteiger charge is -2.32. The van der Waals surface area contributed by atoms with Crippen LogP contribution in [0.4, 0.5) is 5.69 Å². The Morgan fingerprint density at radius 2 is 1.49 bits per heavy atom. The summed E-state index contributed by atoms with van der Waals surface area (Å²) in [5.41, 5.74) is 2.20. The number of nitrogens with one attached hydrogen (secondary N) is 1. The van der Waals surface area contributed by atoms with Gasteiger partial charge in [-0.25, -0.2) is 8.42 Å². The quantitative estimate of drug-likeness (QED) is 0.295. The Labute approximate surface area is 244 Å². The number of amides is 2. The van der Waals surface area contributed by atoms with Crippen molar-refractivity contribution in [3.05, 3.63) is 90.0 Å². The lowest BCUT2D eigenvalue weighted by molar-refractivity contribution is -0.139. The number of anilines is 1. The number of hydrogen-bond donors (Lipinski definition) is 1. The van der Waals surface area contributed by atoms with E-state index >= 15 is 0 Å². The summed E-state index contributed by atoms with van der Waals surface area (Å²) in [5.74, 6) is 0.119. The van der Waals surface area contributed by atoms with Crippen LogP contribution in [0.1, 0.15) is 58.1 Å². The van der Waals surface area contributed by atoms with Crippen LogP contribution in [-0.4, -0.2) is 50.9 Å². The first kappa shape index (κ1) is 31.7. The van der Waals surface area contributed by atoms with Gasteiger partial charge in [0, 0.05) is 12.6 Å². The minimum absolute atomic E-state index is 0.0719. The second-order valence-electron chi connectivity index (χ2n) is 10.4. The predicted octanol–water partition coefficient (Wildman–Crippen LogP) is 5.35. The van der Waals surface area contributed by atoms with Crippen LogP contribution in [0.25, 0.3) is 0 Å². The monoisotopic (exact) mass is 579 g/mol.